The zero-order chi connectivity index (χ0) is 19.6. The van der Waals surface area contributed by atoms with Crippen LogP contribution in [0.2, 0.25) is 0 Å². The van der Waals surface area contributed by atoms with Gasteiger partial charge in [0.2, 0.25) is 0 Å². The second-order valence-corrected chi connectivity index (χ2v) is 8.91. The third kappa shape index (κ3) is 7.48. The molecule has 1 saturated carbocycles. The SMILES string of the molecule is CCNC(=NCC(C)Oc1ccc(F)cc1)NC1CCCC(S(=O)CC)C1. The average molecular weight is 398 g/mol. The lowest BCUT2D eigenvalue weighted by molar-refractivity contribution is 0.230. The zero-order valence-electron chi connectivity index (χ0n) is 16.5. The fourth-order valence-electron chi connectivity index (χ4n) is 3.27. The topological polar surface area (TPSA) is 62.7 Å². The van der Waals surface area contributed by atoms with E-state index < -0.39 is 10.8 Å². The van der Waals surface area contributed by atoms with Crippen LogP contribution in [0, 0.1) is 5.82 Å². The van der Waals surface area contributed by atoms with Gasteiger partial charge in [-0.15, -0.1) is 0 Å². The zero-order valence-corrected chi connectivity index (χ0v) is 17.4. The number of halogens is 1. The number of guanidine groups is 1. The number of nitrogens with zero attached hydrogens (tertiary/aromatic N) is 1. The predicted molar refractivity (Wildman–Crippen MR) is 110 cm³/mol. The normalized spacial score (nSPS) is 22.7. The maximum Gasteiger partial charge on any atom is 0.191 e. The summed E-state index contributed by atoms with van der Waals surface area (Å²) >= 11 is 0. The third-order valence-electron chi connectivity index (χ3n) is 4.62. The summed E-state index contributed by atoms with van der Waals surface area (Å²) in [4.78, 5) is 4.63. The number of aliphatic imine (C=N–C) groups is 1. The standard InChI is InChI=1S/C20H32FN3O2S/c1-4-22-20(24-17-7-6-8-19(13-17)27(25)5-2)23-14-15(3)26-18-11-9-16(21)10-12-18/h9-12,15,17,19H,4-8,13-14H2,1-3H3,(H2,22,23,24). The molecule has 1 aliphatic carbocycles. The van der Waals surface area contributed by atoms with Crippen molar-refractivity contribution in [3.05, 3.63) is 30.1 Å². The van der Waals surface area contributed by atoms with Gasteiger partial charge in [-0.25, -0.2) is 9.38 Å². The number of hydrogen-bond acceptors (Lipinski definition) is 3. The lowest BCUT2D eigenvalue weighted by Gasteiger charge is -2.30. The fraction of sp³-hybridized carbons (Fsp3) is 0.650. The van der Waals surface area contributed by atoms with E-state index in [4.69, 9.17) is 4.74 Å². The Bertz CT molecular complexity index is 624. The molecule has 0 spiro atoms. The van der Waals surface area contributed by atoms with Crippen molar-refractivity contribution in [3.63, 3.8) is 0 Å². The van der Waals surface area contributed by atoms with E-state index in [1.54, 1.807) is 12.1 Å². The van der Waals surface area contributed by atoms with Crippen molar-refractivity contribution < 1.29 is 13.3 Å². The van der Waals surface area contributed by atoms with E-state index in [1.165, 1.54) is 12.1 Å². The number of rotatable bonds is 8. The van der Waals surface area contributed by atoms with Crippen LogP contribution in [-0.4, -0.2) is 46.4 Å². The Hall–Kier alpha value is -1.63. The molecule has 1 aromatic carbocycles. The van der Waals surface area contributed by atoms with Crippen molar-refractivity contribution in [2.45, 2.75) is 63.9 Å². The van der Waals surface area contributed by atoms with Crippen LogP contribution in [0.3, 0.4) is 0 Å². The van der Waals surface area contributed by atoms with Crippen LogP contribution in [0.4, 0.5) is 4.39 Å². The molecule has 1 fully saturated rings. The molecule has 0 aliphatic heterocycles. The number of nitrogens with one attached hydrogen (secondary N) is 2. The summed E-state index contributed by atoms with van der Waals surface area (Å²) in [6.07, 6.45) is 4.01. The molecule has 0 bridgehead atoms. The first kappa shape index (κ1) is 21.7. The van der Waals surface area contributed by atoms with Crippen LogP contribution in [0.25, 0.3) is 0 Å². The maximum absolute atomic E-state index is 13.0. The molecular weight excluding hydrogens is 365 g/mol. The van der Waals surface area contributed by atoms with Crippen LogP contribution in [0.1, 0.15) is 46.5 Å². The molecule has 2 N–H and O–H groups in total. The van der Waals surface area contributed by atoms with E-state index in [9.17, 15) is 8.60 Å². The van der Waals surface area contributed by atoms with E-state index in [0.29, 0.717) is 18.3 Å². The second-order valence-electron chi connectivity index (χ2n) is 6.90. The van der Waals surface area contributed by atoms with Crippen molar-refractivity contribution in [3.8, 4) is 5.75 Å². The first-order valence-electron chi connectivity index (χ1n) is 9.86. The third-order valence-corrected chi connectivity index (χ3v) is 6.37. The molecule has 4 atom stereocenters. The summed E-state index contributed by atoms with van der Waals surface area (Å²) in [6.45, 7) is 7.23. The van der Waals surface area contributed by atoms with Crippen molar-refractivity contribution in [1.82, 2.24) is 10.6 Å². The Morgan fingerprint density at radius 1 is 1.33 bits per heavy atom. The predicted octanol–water partition coefficient (Wildman–Crippen LogP) is 3.23. The van der Waals surface area contributed by atoms with E-state index >= 15 is 0 Å². The minimum atomic E-state index is -0.735. The Balaban J connectivity index is 1.89. The van der Waals surface area contributed by atoms with E-state index in [0.717, 1.165) is 43.9 Å². The van der Waals surface area contributed by atoms with Crippen LogP contribution in [-0.2, 0) is 10.8 Å². The lowest BCUT2D eigenvalue weighted by Crippen LogP contribution is -2.47. The van der Waals surface area contributed by atoms with Crippen LogP contribution < -0.4 is 15.4 Å². The molecule has 1 aromatic rings. The summed E-state index contributed by atoms with van der Waals surface area (Å²) in [6, 6.07) is 6.31. The summed E-state index contributed by atoms with van der Waals surface area (Å²) in [7, 11) is -0.735. The Morgan fingerprint density at radius 3 is 2.74 bits per heavy atom. The first-order chi connectivity index (χ1) is 13.0. The molecule has 0 heterocycles. The molecule has 0 radical (unpaired) electrons. The molecule has 152 valence electrons. The molecule has 27 heavy (non-hydrogen) atoms. The van der Waals surface area contributed by atoms with E-state index in [1.807, 2.05) is 20.8 Å². The van der Waals surface area contributed by atoms with Crippen molar-refractivity contribution >= 4 is 16.8 Å². The van der Waals surface area contributed by atoms with Crippen LogP contribution in [0.5, 0.6) is 5.75 Å². The minimum absolute atomic E-state index is 0.127. The highest BCUT2D eigenvalue weighted by atomic mass is 32.2. The molecule has 7 heteroatoms. The van der Waals surface area contributed by atoms with Gasteiger partial charge in [-0.05, 0) is 57.4 Å². The van der Waals surface area contributed by atoms with Gasteiger partial charge < -0.3 is 15.4 Å². The van der Waals surface area contributed by atoms with Gasteiger partial charge in [0.25, 0.3) is 0 Å². The highest BCUT2D eigenvalue weighted by Gasteiger charge is 2.26. The maximum atomic E-state index is 13.0. The van der Waals surface area contributed by atoms with Gasteiger partial charge in [0.15, 0.2) is 5.96 Å². The second kappa shape index (κ2) is 11.3. The average Bonchev–Trinajstić information content (AvgIpc) is 2.67. The summed E-state index contributed by atoms with van der Waals surface area (Å²) in [5.41, 5.74) is 0. The summed E-state index contributed by atoms with van der Waals surface area (Å²) in [5, 5.41) is 7.05. The molecule has 2 rings (SSSR count). The van der Waals surface area contributed by atoms with Crippen LogP contribution >= 0.6 is 0 Å². The highest BCUT2D eigenvalue weighted by Crippen LogP contribution is 2.23. The Morgan fingerprint density at radius 2 is 2.07 bits per heavy atom. The molecule has 0 aromatic heterocycles. The fourth-order valence-corrected chi connectivity index (χ4v) is 4.61. The smallest absolute Gasteiger partial charge is 0.191 e. The van der Waals surface area contributed by atoms with Crippen molar-refractivity contribution in [2.24, 2.45) is 4.99 Å². The van der Waals surface area contributed by atoms with Gasteiger partial charge in [-0.3, -0.25) is 4.21 Å². The molecular formula is C20H32FN3O2S. The van der Waals surface area contributed by atoms with Gasteiger partial charge in [0.1, 0.15) is 17.7 Å². The van der Waals surface area contributed by atoms with Crippen LogP contribution in [0.15, 0.2) is 29.3 Å². The number of ether oxygens (including phenoxy) is 1. The highest BCUT2D eigenvalue weighted by molar-refractivity contribution is 7.85. The van der Waals surface area contributed by atoms with Gasteiger partial charge in [0.05, 0.1) is 6.54 Å². The van der Waals surface area contributed by atoms with E-state index in [2.05, 4.69) is 15.6 Å². The monoisotopic (exact) mass is 397 g/mol. The molecule has 5 nitrogen and oxygen atoms in total. The molecule has 0 amide bonds. The number of benzene rings is 1. The summed E-state index contributed by atoms with van der Waals surface area (Å²) in [5.74, 6) is 1.85. The minimum Gasteiger partial charge on any atom is -0.489 e. The Labute approximate surface area is 164 Å². The van der Waals surface area contributed by atoms with Gasteiger partial charge in [-0.1, -0.05) is 13.3 Å². The quantitative estimate of drug-likeness (QED) is 0.522. The largest absolute Gasteiger partial charge is 0.489 e. The van der Waals surface area contributed by atoms with Gasteiger partial charge in [0, 0.05) is 34.4 Å². The van der Waals surface area contributed by atoms with Crippen molar-refractivity contribution in [1.29, 1.82) is 0 Å². The lowest BCUT2D eigenvalue weighted by atomic mass is 9.95. The van der Waals surface area contributed by atoms with Gasteiger partial charge >= 0.3 is 0 Å². The molecule has 0 saturated heterocycles. The van der Waals surface area contributed by atoms with E-state index in [-0.39, 0.29) is 17.2 Å². The van der Waals surface area contributed by atoms with Gasteiger partial charge in [-0.2, -0.15) is 0 Å². The van der Waals surface area contributed by atoms with Crippen molar-refractivity contribution in [2.75, 3.05) is 18.8 Å². The summed E-state index contributed by atoms with van der Waals surface area (Å²) < 4.78 is 30.9. The number of hydrogen-bond donors (Lipinski definition) is 2. The Kier molecular flexibility index (Phi) is 9.04. The first-order valence-corrected chi connectivity index (χ1v) is 11.2. The molecule has 4 unspecified atom stereocenters. The molecule has 1 aliphatic rings.